The second kappa shape index (κ2) is 6.63. The molecule has 1 aliphatic heterocycles. The molecule has 1 atom stereocenters. The molecule has 1 heterocycles. The number of hydrogen-bond donors (Lipinski definition) is 1. The number of aryl methyl sites for hydroxylation is 1. The number of fused-ring (bicyclic) bond motifs is 1. The van der Waals surface area contributed by atoms with Gasteiger partial charge in [0.2, 0.25) is 0 Å². The molecule has 2 aromatic carbocycles. The van der Waals surface area contributed by atoms with E-state index >= 15 is 0 Å². The molecular formula is C18H20BrNO. The van der Waals surface area contributed by atoms with E-state index < -0.39 is 0 Å². The number of rotatable bonds is 5. The van der Waals surface area contributed by atoms with E-state index in [2.05, 4.69) is 58.5 Å². The van der Waals surface area contributed by atoms with Crippen LogP contribution in [0.4, 0.5) is 0 Å². The fraction of sp³-hybridized carbons (Fsp3) is 0.333. The van der Waals surface area contributed by atoms with Crippen LogP contribution in [-0.2, 0) is 19.4 Å². The predicted molar refractivity (Wildman–Crippen MR) is 89.8 cm³/mol. The highest BCUT2D eigenvalue weighted by atomic mass is 79.9. The first-order chi connectivity index (χ1) is 10.2. The molecule has 0 aromatic heterocycles. The highest BCUT2D eigenvalue weighted by Crippen LogP contribution is 2.30. The summed E-state index contributed by atoms with van der Waals surface area (Å²) < 4.78 is 7.07. The standard InChI is InChI=1S/C18H20BrNO/c1-2-13-3-5-14(6-4-13)11-20-12-17-10-15-9-16(19)7-8-18(15)21-17/h3-9,17,20H,2,10-12H2,1H3. The first-order valence-electron chi connectivity index (χ1n) is 7.48. The molecule has 0 saturated carbocycles. The van der Waals surface area contributed by atoms with Gasteiger partial charge >= 0.3 is 0 Å². The summed E-state index contributed by atoms with van der Waals surface area (Å²) in [5, 5.41) is 3.49. The van der Waals surface area contributed by atoms with E-state index in [4.69, 9.17) is 4.74 Å². The molecule has 0 bridgehead atoms. The van der Waals surface area contributed by atoms with Crippen molar-refractivity contribution in [1.82, 2.24) is 5.32 Å². The molecule has 3 heteroatoms. The fourth-order valence-corrected chi connectivity index (χ4v) is 3.08. The van der Waals surface area contributed by atoms with Gasteiger partial charge < -0.3 is 10.1 Å². The molecular weight excluding hydrogens is 326 g/mol. The van der Waals surface area contributed by atoms with Crippen molar-refractivity contribution >= 4 is 15.9 Å². The third kappa shape index (κ3) is 3.66. The van der Waals surface area contributed by atoms with Gasteiger partial charge in [-0.05, 0) is 41.3 Å². The molecule has 0 spiro atoms. The number of benzene rings is 2. The van der Waals surface area contributed by atoms with Crippen LogP contribution in [0.15, 0.2) is 46.9 Å². The summed E-state index contributed by atoms with van der Waals surface area (Å²) in [5.74, 6) is 1.03. The summed E-state index contributed by atoms with van der Waals surface area (Å²) in [6, 6.07) is 15.0. The Labute approximate surface area is 134 Å². The normalized spacial score (nSPS) is 16.6. The summed E-state index contributed by atoms with van der Waals surface area (Å²) in [4.78, 5) is 0. The Morgan fingerprint density at radius 1 is 1.14 bits per heavy atom. The van der Waals surface area contributed by atoms with Crippen molar-refractivity contribution in [1.29, 1.82) is 0 Å². The van der Waals surface area contributed by atoms with Crippen molar-refractivity contribution < 1.29 is 4.74 Å². The summed E-state index contributed by atoms with van der Waals surface area (Å²) in [6.45, 7) is 3.95. The lowest BCUT2D eigenvalue weighted by molar-refractivity contribution is 0.227. The average Bonchev–Trinajstić information content (AvgIpc) is 2.89. The number of halogens is 1. The SMILES string of the molecule is CCc1ccc(CNCC2Cc3cc(Br)ccc3O2)cc1. The molecule has 0 aliphatic carbocycles. The van der Waals surface area contributed by atoms with Crippen molar-refractivity contribution in [2.45, 2.75) is 32.4 Å². The van der Waals surface area contributed by atoms with Crippen LogP contribution in [0.3, 0.4) is 0 Å². The van der Waals surface area contributed by atoms with Gasteiger partial charge in [0, 0.05) is 24.0 Å². The van der Waals surface area contributed by atoms with E-state index in [0.717, 1.165) is 36.2 Å². The Morgan fingerprint density at radius 2 is 1.90 bits per heavy atom. The van der Waals surface area contributed by atoms with Gasteiger partial charge in [0.25, 0.3) is 0 Å². The molecule has 0 fully saturated rings. The van der Waals surface area contributed by atoms with Gasteiger partial charge in [0.05, 0.1) is 0 Å². The Morgan fingerprint density at radius 3 is 2.67 bits per heavy atom. The summed E-state index contributed by atoms with van der Waals surface area (Å²) in [7, 11) is 0. The van der Waals surface area contributed by atoms with Gasteiger partial charge in [-0.3, -0.25) is 0 Å². The summed E-state index contributed by atoms with van der Waals surface area (Å²) >= 11 is 3.51. The van der Waals surface area contributed by atoms with Gasteiger partial charge in [0.1, 0.15) is 11.9 Å². The van der Waals surface area contributed by atoms with Crippen LogP contribution >= 0.6 is 15.9 Å². The lowest BCUT2D eigenvalue weighted by atomic mass is 10.1. The van der Waals surface area contributed by atoms with Crippen LogP contribution in [0.2, 0.25) is 0 Å². The van der Waals surface area contributed by atoms with Crippen LogP contribution < -0.4 is 10.1 Å². The van der Waals surface area contributed by atoms with Gasteiger partial charge in [-0.2, -0.15) is 0 Å². The molecule has 110 valence electrons. The first-order valence-corrected chi connectivity index (χ1v) is 8.27. The van der Waals surface area contributed by atoms with Gasteiger partial charge in [-0.1, -0.05) is 47.1 Å². The average molecular weight is 346 g/mol. The predicted octanol–water partition coefficient (Wildman–Crippen LogP) is 4.10. The van der Waals surface area contributed by atoms with E-state index in [9.17, 15) is 0 Å². The highest BCUT2D eigenvalue weighted by Gasteiger charge is 2.22. The molecule has 1 aliphatic rings. The highest BCUT2D eigenvalue weighted by molar-refractivity contribution is 9.10. The van der Waals surface area contributed by atoms with Crippen LogP contribution in [0.1, 0.15) is 23.6 Å². The maximum Gasteiger partial charge on any atom is 0.123 e. The van der Waals surface area contributed by atoms with Crippen molar-refractivity contribution in [3.05, 3.63) is 63.6 Å². The molecule has 21 heavy (non-hydrogen) atoms. The van der Waals surface area contributed by atoms with Gasteiger partial charge in [-0.15, -0.1) is 0 Å². The molecule has 1 unspecified atom stereocenters. The largest absolute Gasteiger partial charge is 0.488 e. The molecule has 0 saturated heterocycles. The van der Waals surface area contributed by atoms with Crippen LogP contribution in [0.5, 0.6) is 5.75 Å². The number of nitrogens with one attached hydrogen (secondary N) is 1. The smallest absolute Gasteiger partial charge is 0.123 e. The minimum atomic E-state index is 0.240. The maximum absolute atomic E-state index is 5.95. The van der Waals surface area contributed by atoms with E-state index in [-0.39, 0.29) is 6.10 Å². The second-order valence-electron chi connectivity index (χ2n) is 5.50. The third-order valence-corrected chi connectivity index (χ3v) is 4.39. The van der Waals surface area contributed by atoms with Crippen LogP contribution in [-0.4, -0.2) is 12.6 Å². The van der Waals surface area contributed by atoms with E-state index in [1.807, 2.05) is 12.1 Å². The van der Waals surface area contributed by atoms with Gasteiger partial charge in [-0.25, -0.2) is 0 Å². The second-order valence-corrected chi connectivity index (χ2v) is 6.41. The Balaban J connectivity index is 1.48. The van der Waals surface area contributed by atoms with E-state index in [1.165, 1.54) is 16.7 Å². The quantitative estimate of drug-likeness (QED) is 0.880. The minimum absolute atomic E-state index is 0.240. The summed E-state index contributed by atoms with van der Waals surface area (Å²) in [5.41, 5.74) is 4.01. The Kier molecular flexibility index (Phi) is 4.61. The van der Waals surface area contributed by atoms with Crippen LogP contribution in [0.25, 0.3) is 0 Å². The van der Waals surface area contributed by atoms with E-state index in [0.29, 0.717) is 0 Å². The molecule has 0 amide bonds. The molecule has 3 rings (SSSR count). The zero-order valence-electron chi connectivity index (χ0n) is 12.2. The van der Waals surface area contributed by atoms with Crippen molar-refractivity contribution in [2.24, 2.45) is 0 Å². The zero-order valence-corrected chi connectivity index (χ0v) is 13.8. The number of ether oxygens (including phenoxy) is 1. The van der Waals surface area contributed by atoms with E-state index in [1.54, 1.807) is 0 Å². The zero-order chi connectivity index (χ0) is 14.7. The van der Waals surface area contributed by atoms with Crippen LogP contribution in [0, 0.1) is 0 Å². The van der Waals surface area contributed by atoms with Gasteiger partial charge in [0.15, 0.2) is 0 Å². The lowest BCUT2D eigenvalue weighted by Gasteiger charge is -2.12. The van der Waals surface area contributed by atoms with Crippen molar-refractivity contribution in [3.8, 4) is 5.75 Å². The Hall–Kier alpha value is -1.32. The third-order valence-electron chi connectivity index (χ3n) is 3.90. The monoisotopic (exact) mass is 345 g/mol. The first kappa shape index (κ1) is 14.6. The molecule has 0 radical (unpaired) electrons. The van der Waals surface area contributed by atoms with Crippen molar-refractivity contribution in [2.75, 3.05) is 6.54 Å². The maximum atomic E-state index is 5.95. The lowest BCUT2D eigenvalue weighted by Crippen LogP contribution is -2.29. The molecule has 2 nitrogen and oxygen atoms in total. The minimum Gasteiger partial charge on any atom is -0.488 e. The Bertz CT molecular complexity index is 609. The number of hydrogen-bond acceptors (Lipinski definition) is 2. The molecule has 2 aromatic rings. The fourth-order valence-electron chi connectivity index (χ4n) is 2.67. The van der Waals surface area contributed by atoms with Crippen molar-refractivity contribution in [3.63, 3.8) is 0 Å². The summed E-state index contributed by atoms with van der Waals surface area (Å²) in [6.07, 6.45) is 2.32. The topological polar surface area (TPSA) is 21.3 Å². The molecule has 1 N–H and O–H groups in total.